The Morgan fingerprint density at radius 3 is 1.81 bits per heavy atom. The van der Waals surface area contributed by atoms with Crippen LogP contribution >= 0.6 is 0 Å². The number of hydrogen-bond acceptors (Lipinski definition) is 1. The molecule has 0 atom stereocenters. The Kier molecular flexibility index (Phi) is 13.0. The summed E-state index contributed by atoms with van der Waals surface area (Å²) in [6.45, 7) is 4.40. The van der Waals surface area contributed by atoms with Crippen LogP contribution in [0.2, 0.25) is 0 Å². The van der Waals surface area contributed by atoms with Gasteiger partial charge in [0.15, 0.2) is 0 Å². The summed E-state index contributed by atoms with van der Waals surface area (Å²) >= 11 is 0. The molecule has 1 aromatic carbocycles. The quantitative estimate of drug-likeness (QED) is 0.315. The highest BCUT2D eigenvalue weighted by molar-refractivity contribution is 5.70. The van der Waals surface area contributed by atoms with Crippen molar-refractivity contribution in [3.63, 3.8) is 0 Å². The van der Waals surface area contributed by atoms with Gasteiger partial charge in [0.1, 0.15) is 0 Å². The van der Waals surface area contributed by atoms with E-state index in [0.29, 0.717) is 0 Å². The zero-order valence-electron chi connectivity index (χ0n) is 17.2. The number of carboxylic acid groups (broad SMARTS) is 1. The van der Waals surface area contributed by atoms with Gasteiger partial charge in [0.05, 0.1) is 6.42 Å². The number of hydrogen-bond donors (Lipinski definition) is 1. The molecule has 0 heterocycles. The van der Waals surface area contributed by atoms with E-state index in [1.165, 1.54) is 94.6 Å². The number of carbonyl (C=O) groups is 1. The van der Waals surface area contributed by atoms with Crippen LogP contribution in [0.25, 0.3) is 0 Å². The smallest absolute Gasteiger partial charge is 0.307 e. The first-order chi connectivity index (χ1) is 12.6. The zero-order valence-corrected chi connectivity index (χ0v) is 17.2. The highest BCUT2D eigenvalue weighted by Gasteiger charge is 2.04. The first-order valence-electron chi connectivity index (χ1n) is 10.9. The second-order valence-corrected chi connectivity index (χ2v) is 7.82. The molecule has 0 aliphatic carbocycles. The Morgan fingerprint density at radius 1 is 0.808 bits per heavy atom. The molecule has 1 rings (SSSR count). The minimum Gasteiger partial charge on any atom is -0.481 e. The number of carboxylic acids is 1. The maximum Gasteiger partial charge on any atom is 0.307 e. The van der Waals surface area contributed by atoms with Gasteiger partial charge in [0.2, 0.25) is 0 Å². The predicted molar refractivity (Wildman–Crippen MR) is 112 cm³/mol. The third kappa shape index (κ3) is 11.3. The van der Waals surface area contributed by atoms with Gasteiger partial charge in [-0.15, -0.1) is 0 Å². The summed E-state index contributed by atoms with van der Waals surface area (Å²) in [5.41, 5.74) is 3.54. The molecule has 0 bridgehead atoms. The summed E-state index contributed by atoms with van der Waals surface area (Å²) in [7, 11) is 0. The summed E-state index contributed by atoms with van der Waals surface area (Å²) in [4.78, 5) is 10.9. The van der Waals surface area contributed by atoms with Crippen molar-refractivity contribution in [2.75, 3.05) is 0 Å². The Labute approximate surface area is 161 Å². The zero-order chi connectivity index (χ0) is 19.0. The molecular weight excluding hydrogens is 320 g/mol. The van der Waals surface area contributed by atoms with Gasteiger partial charge in [-0.1, -0.05) is 102 Å². The van der Waals surface area contributed by atoms with E-state index in [4.69, 9.17) is 5.11 Å². The van der Waals surface area contributed by atoms with E-state index < -0.39 is 5.97 Å². The van der Waals surface area contributed by atoms with Crippen molar-refractivity contribution in [1.82, 2.24) is 0 Å². The SMILES string of the molecule is CCCCCCCCCCCCCCCc1cc(CC(=O)O)ccc1C. The fourth-order valence-electron chi connectivity index (χ4n) is 3.61. The predicted octanol–water partition coefficient (Wildman–Crippen LogP) is 7.26. The van der Waals surface area contributed by atoms with Gasteiger partial charge in [0.25, 0.3) is 0 Å². The third-order valence-electron chi connectivity index (χ3n) is 5.32. The number of rotatable bonds is 16. The molecule has 0 aromatic heterocycles. The van der Waals surface area contributed by atoms with Crippen LogP contribution in [-0.2, 0) is 17.6 Å². The Bertz CT molecular complexity index is 493. The van der Waals surface area contributed by atoms with Gasteiger partial charge in [-0.2, -0.15) is 0 Å². The second kappa shape index (κ2) is 14.8. The molecule has 0 aliphatic rings. The molecule has 1 N–H and O–H groups in total. The average Bonchev–Trinajstić information content (AvgIpc) is 2.61. The number of aliphatic carboxylic acids is 1. The van der Waals surface area contributed by atoms with E-state index in [1.807, 2.05) is 6.07 Å². The van der Waals surface area contributed by atoms with E-state index in [2.05, 4.69) is 26.0 Å². The van der Waals surface area contributed by atoms with Crippen molar-refractivity contribution < 1.29 is 9.90 Å². The summed E-state index contributed by atoms with van der Waals surface area (Å²) in [6.07, 6.45) is 19.1. The van der Waals surface area contributed by atoms with Crippen LogP contribution in [-0.4, -0.2) is 11.1 Å². The van der Waals surface area contributed by atoms with Gasteiger partial charge >= 0.3 is 5.97 Å². The minimum atomic E-state index is -0.749. The largest absolute Gasteiger partial charge is 0.481 e. The van der Waals surface area contributed by atoms with Gasteiger partial charge in [-0.05, 0) is 36.5 Å². The van der Waals surface area contributed by atoms with Gasteiger partial charge in [0, 0.05) is 0 Å². The lowest BCUT2D eigenvalue weighted by Gasteiger charge is -2.08. The molecular formula is C24H40O2. The standard InChI is InChI=1S/C24H40O2/c1-3-4-5-6-7-8-9-10-11-12-13-14-15-16-23-19-22(20-24(25)26)18-17-21(23)2/h17-19H,3-16,20H2,1-2H3,(H,25,26). The van der Waals surface area contributed by atoms with E-state index in [0.717, 1.165) is 12.0 Å². The normalized spacial score (nSPS) is 11.0. The van der Waals surface area contributed by atoms with Crippen LogP contribution in [0.5, 0.6) is 0 Å². The summed E-state index contributed by atoms with van der Waals surface area (Å²) < 4.78 is 0. The topological polar surface area (TPSA) is 37.3 Å². The van der Waals surface area contributed by atoms with Crippen molar-refractivity contribution >= 4 is 5.97 Å². The van der Waals surface area contributed by atoms with Crippen LogP contribution < -0.4 is 0 Å². The van der Waals surface area contributed by atoms with Crippen LogP contribution in [0.4, 0.5) is 0 Å². The van der Waals surface area contributed by atoms with Crippen LogP contribution in [0, 0.1) is 6.92 Å². The van der Waals surface area contributed by atoms with Gasteiger partial charge < -0.3 is 5.11 Å². The van der Waals surface area contributed by atoms with E-state index in [-0.39, 0.29) is 6.42 Å². The summed E-state index contributed by atoms with van der Waals surface area (Å²) in [5, 5.41) is 8.93. The first-order valence-corrected chi connectivity index (χ1v) is 10.9. The lowest BCUT2D eigenvalue weighted by Crippen LogP contribution is -2.01. The molecule has 0 unspecified atom stereocenters. The lowest BCUT2D eigenvalue weighted by molar-refractivity contribution is -0.136. The Morgan fingerprint density at radius 2 is 1.31 bits per heavy atom. The molecule has 1 aromatic rings. The van der Waals surface area contributed by atoms with E-state index in [1.54, 1.807) is 0 Å². The number of benzene rings is 1. The highest BCUT2D eigenvalue weighted by Crippen LogP contribution is 2.17. The average molecular weight is 361 g/mol. The maximum absolute atomic E-state index is 10.9. The second-order valence-electron chi connectivity index (χ2n) is 7.82. The Hall–Kier alpha value is -1.31. The Balaban J connectivity index is 2.01. The van der Waals surface area contributed by atoms with Crippen LogP contribution in [0.3, 0.4) is 0 Å². The maximum atomic E-state index is 10.9. The lowest BCUT2D eigenvalue weighted by atomic mass is 9.98. The van der Waals surface area contributed by atoms with E-state index in [9.17, 15) is 4.79 Å². The number of unbranched alkanes of at least 4 members (excludes halogenated alkanes) is 12. The molecule has 26 heavy (non-hydrogen) atoms. The van der Waals surface area contributed by atoms with Gasteiger partial charge in [-0.25, -0.2) is 0 Å². The molecule has 2 nitrogen and oxygen atoms in total. The highest BCUT2D eigenvalue weighted by atomic mass is 16.4. The summed E-state index contributed by atoms with van der Waals surface area (Å²) in [5.74, 6) is -0.749. The molecule has 0 aliphatic heterocycles. The minimum absolute atomic E-state index is 0.131. The summed E-state index contributed by atoms with van der Waals surface area (Å²) in [6, 6.07) is 6.09. The first kappa shape index (κ1) is 22.7. The molecule has 0 radical (unpaired) electrons. The van der Waals surface area contributed by atoms with Crippen molar-refractivity contribution in [2.24, 2.45) is 0 Å². The van der Waals surface area contributed by atoms with E-state index >= 15 is 0 Å². The fourth-order valence-corrected chi connectivity index (χ4v) is 3.61. The van der Waals surface area contributed by atoms with Crippen molar-refractivity contribution in [2.45, 2.75) is 110 Å². The molecule has 0 spiro atoms. The molecule has 0 fully saturated rings. The molecule has 2 heteroatoms. The van der Waals surface area contributed by atoms with Crippen molar-refractivity contribution in [3.05, 3.63) is 34.9 Å². The van der Waals surface area contributed by atoms with Crippen molar-refractivity contribution in [3.8, 4) is 0 Å². The molecule has 0 saturated heterocycles. The molecule has 0 amide bonds. The van der Waals surface area contributed by atoms with Crippen LogP contribution in [0.15, 0.2) is 18.2 Å². The fraction of sp³-hybridized carbons (Fsp3) is 0.708. The monoisotopic (exact) mass is 360 g/mol. The van der Waals surface area contributed by atoms with Gasteiger partial charge in [-0.3, -0.25) is 4.79 Å². The number of aryl methyl sites for hydroxylation is 2. The molecule has 148 valence electrons. The third-order valence-corrected chi connectivity index (χ3v) is 5.32. The van der Waals surface area contributed by atoms with Crippen LogP contribution in [0.1, 0.15) is 107 Å². The van der Waals surface area contributed by atoms with Crippen molar-refractivity contribution in [1.29, 1.82) is 0 Å². The molecule has 0 saturated carbocycles.